The van der Waals surface area contributed by atoms with Gasteiger partial charge in [0.05, 0.1) is 13.0 Å². The fourth-order valence-electron chi connectivity index (χ4n) is 2.58. The van der Waals surface area contributed by atoms with Gasteiger partial charge < -0.3 is 4.74 Å². The molecule has 94 valence electrons. The molecule has 1 aliphatic rings. The number of hydrogen-bond donors (Lipinski definition) is 0. The van der Waals surface area contributed by atoms with Crippen LogP contribution in [0.25, 0.3) is 0 Å². The van der Waals surface area contributed by atoms with Crippen LogP contribution in [0, 0.1) is 11.8 Å². The maximum atomic E-state index is 11.5. The first-order chi connectivity index (χ1) is 7.60. The molecule has 1 saturated heterocycles. The van der Waals surface area contributed by atoms with Crippen molar-refractivity contribution in [3.8, 4) is 0 Å². The van der Waals surface area contributed by atoms with Gasteiger partial charge in [0.2, 0.25) is 0 Å². The van der Waals surface area contributed by atoms with Crippen LogP contribution in [0.5, 0.6) is 0 Å². The predicted molar refractivity (Wildman–Crippen MR) is 65.2 cm³/mol. The summed E-state index contributed by atoms with van der Waals surface area (Å²) in [6.45, 7) is 8.62. The Kier molecular flexibility index (Phi) is 5.26. The van der Waals surface area contributed by atoms with Crippen LogP contribution in [0.3, 0.4) is 0 Å². The summed E-state index contributed by atoms with van der Waals surface area (Å²) in [5, 5.41) is 0. The standard InChI is InChI=1S/C13H25NO2/c1-5-6-12-7-8-14(9-12)11(3)10(2)13(15)16-4/h10-12H,5-9H2,1-4H3. The van der Waals surface area contributed by atoms with E-state index in [4.69, 9.17) is 4.74 Å². The number of nitrogens with zero attached hydrogens (tertiary/aromatic N) is 1. The van der Waals surface area contributed by atoms with Crippen LogP contribution in [0.15, 0.2) is 0 Å². The Morgan fingerprint density at radius 3 is 2.75 bits per heavy atom. The second-order valence-corrected chi connectivity index (χ2v) is 4.99. The van der Waals surface area contributed by atoms with Crippen LogP contribution in [0.2, 0.25) is 0 Å². The normalized spacial score (nSPS) is 25.4. The Bertz CT molecular complexity index is 230. The molecule has 0 N–H and O–H groups in total. The Labute approximate surface area is 99.1 Å². The smallest absolute Gasteiger partial charge is 0.309 e. The van der Waals surface area contributed by atoms with Crippen molar-refractivity contribution in [2.45, 2.75) is 46.1 Å². The van der Waals surface area contributed by atoms with Gasteiger partial charge in [-0.3, -0.25) is 9.69 Å². The molecule has 3 atom stereocenters. The lowest BCUT2D eigenvalue weighted by Gasteiger charge is -2.28. The van der Waals surface area contributed by atoms with Crippen molar-refractivity contribution in [2.75, 3.05) is 20.2 Å². The number of ether oxygens (including phenoxy) is 1. The highest BCUT2D eigenvalue weighted by atomic mass is 16.5. The molecule has 0 spiro atoms. The van der Waals surface area contributed by atoms with E-state index in [1.54, 1.807) is 0 Å². The first-order valence-corrected chi connectivity index (χ1v) is 6.42. The molecular formula is C13H25NO2. The van der Waals surface area contributed by atoms with Crippen molar-refractivity contribution in [3.63, 3.8) is 0 Å². The van der Waals surface area contributed by atoms with Crippen molar-refractivity contribution in [1.29, 1.82) is 0 Å². The quantitative estimate of drug-likeness (QED) is 0.675. The summed E-state index contributed by atoms with van der Waals surface area (Å²) in [6, 6.07) is 0.300. The van der Waals surface area contributed by atoms with Crippen LogP contribution >= 0.6 is 0 Å². The molecule has 1 fully saturated rings. The van der Waals surface area contributed by atoms with Crippen LogP contribution in [0.1, 0.15) is 40.0 Å². The van der Waals surface area contributed by atoms with Gasteiger partial charge in [-0.15, -0.1) is 0 Å². The van der Waals surface area contributed by atoms with E-state index in [9.17, 15) is 4.79 Å². The van der Waals surface area contributed by atoms with Gasteiger partial charge in [-0.05, 0) is 32.2 Å². The Hall–Kier alpha value is -0.570. The van der Waals surface area contributed by atoms with Gasteiger partial charge in [0, 0.05) is 12.6 Å². The van der Waals surface area contributed by atoms with E-state index >= 15 is 0 Å². The maximum Gasteiger partial charge on any atom is 0.309 e. The number of methoxy groups -OCH3 is 1. The van der Waals surface area contributed by atoms with Crippen molar-refractivity contribution >= 4 is 5.97 Å². The number of esters is 1. The SMILES string of the molecule is CCCC1CCN(C(C)C(C)C(=O)OC)C1. The van der Waals surface area contributed by atoms with Gasteiger partial charge in [-0.1, -0.05) is 20.3 Å². The summed E-state index contributed by atoms with van der Waals surface area (Å²) in [6.07, 6.45) is 3.86. The zero-order valence-electron chi connectivity index (χ0n) is 11.0. The monoisotopic (exact) mass is 227 g/mol. The van der Waals surface area contributed by atoms with Crippen molar-refractivity contribution < 1.29 is 9.53 Å². The number of likely N-dealkylation sites (tertiary alicyclic amines) is 1. The van der Waals surface area contributed by atoms with Gasteiger partial charge in [0.1, 0.15) is 0 Å². The summed E-state index contributed by atoms with van der Waals surface area (Å²) < 4.78 is 4.80. The highest BCUT2D eigenvalue weighted by Crippen LogP contribution is 2.25. The summed E-state index contributed by atoms with van der Waals surface area (Å²) in [5.41, 5.74) is 0. The van der Waals surface area contributed by atoms with Crippen LogP contribution in [-0.2, 0) is 9.53 Å². The summed E-state index contributed by atoms with van der Waals surface area (Å²) >= 11 is 0. The van der Waals surface area contributed by atoms with Crippen molar-refractivity contribution in [3.05, 3.63) is 0 Å². The number of carbonyl (C=O) groups excluding carboxylic acids is 1. The van der Waals surface area contributed by atoms with E-state index in [0.29, 0.717) is 6.04 Å². The molecule has 16 heavy (non-hydrogen) atoms. The minimum absolute atomic E-state index is 0.0228. The van der Waals surface area contributed by atoms with E-state index in [2.05, 4.69) is 18.7 Å². The van der Waals surface area contributed by atoms with Gasteiger partial charge in [-0.25, -0.2) is 0 Å². The average molecular weight is 227 g/mol. The molecule has 0 amide bonds. The fourth-order valence-corrected chi connectivity index (χ4v) is 2.58. The Balaban J connectivity index is 2.43. The number of carbonyl (C=O) groups is 1. The third-order valence-corrected chi connectivity index (χ3v) is 3.89. The van der Waals surface area contributed by atoms with Crippen LogP contribution in [0.4, 0.5) is 0 Å². The molecule has 0 bridgehead atoms. The number of rotatable bonds is 5. The van der Waals surface area contributed by atoms with Gasteiger partial charge in [0.25, 0.3) is 0 Å². The molecule has 0 saturated carbocycles. The van der Waals surface area contributed by atoms with E-state index < -0.39 is 0 Å². The van der Waals surface area contributed by atoms with Crippen LogP contribution < -0.4 is 0 Å². The molecule has 3 nitrogen and oxygen atoms in total. The van der Waals surface area contributed by atoms with E-state index in [1.165, 1.54) is 26.4 Å². The second-order valence-electron chi connectivity index (χ2n) is 4.99. The summed E-state index contributed by atoms with van der Waals surface area (Å²) in [4.78, 5) is 13.9. The molecular weight excluding hydrogens is 202 g/mol. The molecule has 0 aromatic heterocycles. The lowest BCUT2D eigenvalue weighted by molar-refractivity contribution is -0.146. The minimum Gasteiger partial charge on any atom is -0.469 e. The second kappa shape index (κ2) is 6.24. The molecule has 3 heteroatoms. The minimum atomic E-state index is -0.0913. The lowest BCUT2D eigenvalue weighted by atomic mass is 10.0. The third-order valence-electron chi connectivity index (χ3n) is 3.89. The Morgan fingerprint density at radius 2 is 2.19 bits per heavy atom. The molecule has 0 aliphatic carbocycles. The van der Waals surface area contributed by atoms with E-state index in [-0.39, 0.29) is 11.9 Å². The molecule has 0 aromatic carbocycles. The topological polar surface area (TPSA) is 29.5 Å². The van der Waals surface area contributed by atoms with Crippen molar-refractivity contribution in [2.24, 2.45) is 11.8 Å². The highest BCUT2D eigenvalue weighted by Gasteiger charge is 2.31. The molecule has 1 heterocycles. The highest BCUT2D eigenvalue weighted by molar-refractivity contribution is 5.72. The van der Waals surface area contributed by atoms with Gasteiger partial charge in [-0.2, -0.15) is 0 Å². The maximum absolute atomic E-state index is 11.5. The molecule has 1 aliphatic heterocycles. The van der Waals surface area contributed by atoms with E-state index in [1.807, 2.05) is 6.92 Å². The third kappa shape index (κ3) is 3.21. The zero-order valence-corrected chi connectivity index (χ0v) is 11.0. The molecule has 3 unspecified atom stereocenters. The Morgan fingerprint density at radius 1 is 1.50 bits per heavy atom. The van der Waals surface area contributed by atoms with Gasteiger partial charge in [0.15, 0.2) is 0 Å². The molecule has 0 radical (unpaired) electrons. The summed E-state index contributed by atoms with van der Waals surface area (Å²) in [5.74, 6) is 0.717. The fraction of sp³-hybridized carbons (Fsp3) is 0.923. The largest absolute Gasteiger partial charge is 0.469 e. The van der Waals surface area contributed by atoms with E-state index in [0.717, 1.165) is 19.0 Å². The zero-order chi connectivity index (χ0) is 12.1. The summed E-state index contributed by atoms with van der Waals surface area (Å²) in [7, 11) is 1.47. The van der Waals surface area contributed by atoms with Crippen molar-refractivity contribution in [1.82, 2.24) is 4.90 Å². The number of hydrogen-bond acceptors (Lipinski definition) is 3. The average Bonchev–Trinajstić information content (AvgIpc) is 2.75. The molecule has 1 rings (SSSR count). The molecule has 0 aromatic rings. The lowest BCUT2D eigenvalue weighted by Crippen LogP contribution is -2.39. The predicted octanol–water partition coefficient (Wildman–Crippen LogP) is 2.31. The van der Waals surface area contributed by atoms with Gasteiger partial charge >= 0.3 is 5.97 Å². The first-order valence-electron chi connectivity index (χ1n) is 6.42. The van der Waals surface area contributed by atoms with Crippen LogP contribution in [-0.4, -0.2) is 37.1 Å². The first kappa shape index (κ1) is 13.5.